The standard InChI is InChI=1S/C15H12ClN3O3S/c1-9-2-3-10(8-17)6-14(9)23(21,22)19-11-4-5-12(15(18)20)13(16)7-11/h2-7,19H,1H3,(H2,18,20). The number of sulfonamides is 1. The fourth-order valence-electron chi connectivity index (χ4n) is 1.95. The SMILES string of the molecule is Cc1ccc(C#N)cc1S(=O)(=O)Nc1ccc(C(N)=O)c(Cl)c1. The van der Waals surface area contributed by atoms with Gasteiger partial charge in [0.1, 0.15) is 0 Å². The molecule has 1 amide bonds. The van der Waals surface area contributed by atoms with Crippen LogP contribution in [0.4, 0.5) is 5.69 Å². The lowest BCUT2D eigenvalue weighted by molar-refractivity contribution is 0.100. The fourth-order valence-corrected chi connectivity index (χ4v) is 3.54. The molecular weight excluding hydrogens is 338 g/mol. The summed E-state index contributed by atoms with van der Waals surface area (Å²) in [5.74, 6) is -0.707. The number of nitrogens with one attached hydrogen (secondary N) is 1. The zero-order chi connectivity index (χ0) is 17.2. The second-order valence-electron chi connectivity index (χ2n) is 4.76. The van der Waals surface area contributed by atoms with Crippen LogP contribution in [0.2, 0.25) is 5.02 Å². The van der Waals surface area contributed by atoms with Crippen LogP contribution in [0.5, 0.6) is 0 Å². The predicted molar refractivity (Wildman–Crippen MR) is 86.7 cm³/mol. The molecule has 0 aliphatic heterocycles. The second kappa shape index (κ2) is 6.28. The molecule has 0 saturated carbocycles. The molecule has 0 radical (unpaired) electrons. The zero-order valence-electron chi connectivity index (χ0n) is 12.0. The third-order valence-corrected chi connectivity index (χ3v) is 4.93. The fraction of sp³-hybridized carbons (Fsp3) is 0.0667. The first-order valence-corrected chi connectivity index (χ1v) is 8.23. The van der Waals surface area contributed by atoms with Crippen LogP contribution in [0.3, 0.4) is 0 Å². The van der Waals surface area contributed by atoms with E-state index in [1.165, 1.54) is 30.3 Å². The topological polar surface area (TPSA) is 113 Å². The van der Waals surface area contributed by atoms with Crippen molar-refractivity contribution >= 4 is 33.2 Å². The molecule has 0 atom stereocenters. The Morgan fingerprint density at radius 3 is 2.52 bits per heavy atom. The van der Waals surface area contributed by atoms with Crippen LogP contribution in [0.1, 0.15) is 21.5 Å². The summed E-state index contributed by atoms with van der Waals surface area (Å²) in [7, 11) is -3.90. The molecule has 2 rings (SSSR count). The summed E-state index contributed by atoms with van der Waals surface area (Å²) < 4.78 is 27.3. The van der Waals surface area contributed by atoms with E-state index in [1.54, 1.807) is 13.0 Å². The van der Waals surface area contributed by atoms with Gasteiger partial charge in [0.2, 0.25) is 5.91 Å². The zero-order valence-corrected chi connectivity index (χ0v) is 13.6. The molecule has 0 saturated heterocycles. The molecule has 0 bridgehead atoms. The summed E-state index contributed by atoms with van der Waals surface area (Å²) >= 11 is 5.90. The Hall–Kier alpha value is -2.56. The number of carbonyl (C=O) groups excluding carboxylic acids is 1. The molecule has 0 unspecified atom stereocenters. The highest BCUT2D eigenvalue weighted by Crippen LogP contribution is 2.24. The highest BCUT2D eigenvalue weighted by molar-refractivity contribution is 7.92. The summed E-state index contributed by atoms with van der Waals surface area (Å²) in [6, 6.07) is 10.3. The number of carbonyl (C=O) groups is 1. The first kappa shape index (κ1) is 16.8. The van der Waals surface area contributed by atoms with E-state index in [0.717, 1.165) is 0 Å². The number of amides is 1. The average molecular weight is 350 g/mol. The van der Waals surface area contributed by atoms with Crippen LogP contribution in [0.15, 0.2) is 41.3 Å². The highest BCUT2D eigenvalue weighted by Gasteiger charge is 2.18. The number of nitrogens with zero attached hydrogens (tertiary/aromatic N) is 1. The predicted octanol–water partition coefficient (Wildman–Crippen LogP) is 2.42. The summed E-state index contributed by atoms with van der Waals surface area (Å²) in [6.45, 7) is 1.62. The quantitative estimate of drug-likeness (QED) is 0.882. The minimum absolute atomic E-state index is 0.00773. The maximum Gasteiger partial charge on any atom is 0.262 e. The molecule has 3 N–H and O–H groups in total. The second-order valence-corrected chi connectivity index (χ2v) is 6.81. The average Bonchev–Trinajstić information content (AvgIpc) is 2.46. The molecule has 0 heterocycles. The van der Waals surface area contributed by atoms with Gasteiger partial charge in [-0.05, 0) is 42.8 Å². The van der Waals surface area contributed by atoms with Crippen LogP contribution in [0.25, 0.3) is 0 Å². The Kier molecular flexibility index (Phi) is 4.59. The van der Waals surface area contributed by atoms with Gasteiger partial charge in [-0.2, -0.15) is 5.26 Å². The van der Waals surface area contributed by atoms with Gasteiger partial charge in [0.25, 0.3) is 10.0 Å². The molecule has 0 aliphatic carbocycles. The van der Waals surface area contributed by atoms with Gasteiger partial charge < -0.3 is 5.73 Å². The molecule has 0 aliphatic rings. The molecule has 0 fully saturated rings. The third-order valence-electron chi connectivity index (χ3n) is 3.09. The number of hydrogen-bond donors (Lipinski definition) is 2. The Labute approximate surface area is 138 Å². The van der Waals surface area contributed by atoms with Crippen molar-refractivity contribution in [1.29, 1.82) is 5.26 Å². The van der Waals surface area contributed by atoms with Crippen molar-refractivity contribution in [1.82, 2.24) is 0 Å². The number of benzene rings is 2. The largest absolute Gasteiger partial charge is 0.366 e. The van der Waals surface area contributed by atoms with Crippen molar-refractivity contribution in [3.8, 4) is 6.07 Å². The molecule has 6 nitrogen and oxygen atoms in total. The molecule has 23 heavy (non-hydrogen) atoms. The Morgan fingerprint density at radius 2 is 1.96 bits per heavy atom. The number of nitriles is 1. The monoisotopic (exact) mass is 349 g/mol. The van der Waals surface area contributed by atoms with E-state index < -0.39 is 15.9 Å². The number of aryl methyl sites for hydroxylation is 1. The maximum absolute atomic E-state index is 12.5. The van der Waals surface area contributed by atoms with Gasteiger partial charge in [0.05, 0.1) is 32.8 Å². The lowest BCUT2D eigenvalue weighted by Crippen LogP contribution is -2.15. The molecule has 8 heteroatoms. The molecule has 2 aromatic rings. The molecule has 118 valence electrons. The molecular formula is C15H12ClN3O3S. The van der Waals surface area contributed by atoms with Gasteiger partial charge >= 0.3 is 0 Å². The molecule has 2 aromatic carbocycles. The van der Waals surface area contributed by atoms with E-state index in [1.807, 2.05) is 6.07 Å². The van der Waals surface area contributed by atoms with Crippen molar-refractivity contribution in [3.63, 3.8) is 0 Å². The van der Waals surface area contributed by atoms with E-state index in [0.29, 0.717) is 5.56 Å². The van der Waals surface area contributed by atoms with Crippen LogP contribution < -0.4 is 10.5 Å². The normalized spacial score (nSPS) is 10.8. The van der Waals surface area contributed by atoms with Gasteiger partial charge in [0.15, 0.2) is 0 Å². The Morgan fingerprint density at radius 1 is 1.26 bits per heavy atom. The number of halogens is 1. The summed E-state index contributed by atoms with van der Waals surface area (Å²) in [6.07, 6.45) is 0. The van der Waals surface area contributed by atoms with Crippen molar-refractivity contribution in [2.75, 3.05) is 4.72 Å². The van der Waals surface area contributed by atoms with Crippen molar-refractivity contribution in [3.05, 3.63) is 58.1 Å². The van der Waals surface area contributed by atoms with E-state index in [9.17, 15) is 13.2 Å². The van der Waals surface area contributed by atoms with E-state index >= 15 is 0 Å². The van der Waals surface area contributed by atoms with E-state index in [4.69, 9.17) is 22.6 Å². The Balaban J connectivity index is 2.41. The van der Waals surface area contributed by atoms with Crippen molar-refractivity contribution < 1.29 is 13.2 Å². The summed E-state index contributed by atoms with van der Waals surface area (Å²) in [5.41, 5.74) is 6.15. The van der Waals surface area contributed by atoms with Crippen LogP contribution in [-0.4, -0.2) is 14.3 Å². The van der Waals surface area contributed by atoms with Crippen molar-refractivity contribution in [2.45, 2.75) is 11.8 Å². The minimum Gasteiger partial charge on any atom is -0.366 e. The molecule has 0 spiro atoms. The van der Waals surface area contributed by atoms with Gasteiger partial charge in [-0.3, -0.25) is 9.52 Å². The van der Waals surface area contributed by atoms with Gasteiger partial charge in [-0.15, -0.1) is 0 Å². The lowest BCUT2D eigenvalue weighted by Gasteiger charge is -2.11. The van der Waals surface area contributed by atoms with Crippen LogP contribution in [0, 0.1) is 18.3 Å². The van der Waals surface area contributed by atoms with E-state index in [2.05, 4.69) is 4.72 Å². The van der Waals surface area contributed by atoms with Crippen LogP contribution >= 0.6 is 11.6 Å². The van der Waals surface area contributed by atoms with Crippen LogP contribution in [-0.2, 0) is 10.0 Å². The third kappa shape index (κ3) is 3.62. The number of anilines is 1. The number of hydrogen-bond acceptors (Lipinski definition) is 4. The highest BCUT2D eigenvalue weighted by atomic mass is 35.5. The number of primary amides is 1. The van der Waals surface area contributed by atoms with Gasteiger partial charge in [0, 0.05) is 0 Å². The number of nitrogens with two attached hydrogens (primary N) is 1. The van der Waals surface area contributed by atoms with Gasteiger partial charge in [-0.1, -0.05) is 17.7 Å². The Bertz CT molecular complexity index is 933. The summed E-state index contributed by atoms with van der Waals surface area (Å²) in [4.78, 5) is 11.1. The van der Waals surface area contributed by atoms with E-state index in [-0.39, 0.29) is 26.7 Å². The maximum atomic E-state index is 12.5. The first-order valence-electron chi connectivity index (χ1n) is 6.37. The molecule has 0 aromatic heterocycles. The lowest BCUT2D eigenvalue weighted by atomic mass is 10.2. The first-order chi connectivity index (χ1) is 10.7. The van der Waals surface area contributed by atoms with Gasteiger partial charge in [-0.25, -0.2) is 8.42 Å². The minimum atomic E-state index is -3.90. The number of rotatable bonds is 4. The smallest absolute Gasteiger partial charge is 0.262 e. The summed E-state index contributed by atoms with van der Waals surface area (Å²) in [5, 5.41) is 8.94. The van der Waals surface area contributed by atoms with Crippen molar-refractivity contribution in [2.24, 2.45) is 5.73 Å².